The number of hydrogen-bond acceptors (Lipinski definition) is 6. The number of nitrogens with zero attached hydrogens (tertiary/aromatic N) is 3. The lowest BCUT2D eigenvalue weighted by Gasteiger charge is -2.21. The molecule has 0 aliphatic heterocycles. The molecule has 0 aliphatic carbocycles. The number of para-hydroxylation sites is 1. The van der Waals surface area contributed by atoms with E-state index in [0.29, 0.717) is 0 Å². The van der Waals surface area contributed by atoms with Gasteiger partial charge in [0.1, 0.15) is 0 Å². The van der Waals surface area contributed by atoms with Gasteiger partial charge in [0.25, 0.3) is 11.6 Å². The molecular weight excluding hydrogens is 444 g/mol. The van der Waals surface area contributed by atoms with Crippen LogP contribution in [0.15, 0.2) is 88.9 Å². The van der Waals surface area contributed by atoms with Crippen LogP contribution in [0.3, 0.4) is 0 Å². The number of sulfonamides is 1. The third-order valence-electron chi connectivity index (χ3n) is 4.71. The fourth-order valence-corrected chi connectivity index (χ4v) is 4.40. The molecule has 3 aromatic rings. The van der Waals surface area contributed by atoms with E-state index >= 15 is 0 Å². The first-order chi connectivity index (χ1) is 15.8. The summed E-state index contributed by atoms with van der Waals surface area (Å²) in [4.78, 5) is 23.1. The van der Waals surface area contributed by atoms with E-state index in [9.17, 15) is 23.3 Å². The zero-order chi connectivity index (χ0) is 23.8. The maximum absolute atomic E-state index is 13.2. The molecule has 3 rings (SSSR count). The second-order valence-corrected chi connectivity index (χ2v) is 9.12. The minimum absolute atomic E-state index is 0.0151. The molecule has 3 aromatic carbocycles. The van der Waals surface area contributed by atoms with Gasteiger partial charge < -0.3 is 0 Å². The molecule has 9 nitrogen and oxygen atoms in total. The van der Waals surface area contributed by atoms with Crippen LogP contribution >= 0.6 is 0 Å². The Morgan fingerprint density at radius 3 is 2.33 bits per heavy atom. The van der Waals surface area contributed by atoms with Gasteiger partial charge in [-0.3, -0.25) is 14.9 Å². The Bertz CT molecular complexity index is 1260. The predicted octanol–water partition coefficient (Wildman–Crippen LogP) is 3.24. The normalized spacial score (nSPS) is 11.6. The number of benzene rings is 3. The van der Waals surface area contributed by atoms with E-state index in [2.05, 4.69) is 10.5 Å². The van der Waals surface area contributed by atoms with Crippen LogP contribution in [0.1, 0.15) is 16.7 Å². The summed E-state index contributed by atoms with van der Waals surface area (Å²) in [5, 5.41) is 14.8. The molecule has 0 aromatic heterocycles. The number of nitro groups is 1. The van der Waals surface area contributed by atoms with Crippen molar-refractivity contribution in [2.45, 2.75) is 18.4 Å². The Morgan fingerprint density at radius 2 is 1.67 bits per heavy atom. The monoisotopic (exact) mass is 466 g/mol. The summed E-state index contributed by atoms with van der Waals surface area (Å²) >= 11 is 0. The van der Waals surface area contributed by atoms with E-state index in [4.69, 9.17) is 0 Å². The maximum Gasteiger partial charge on any atom is 0.278 e. The molecule has 170 valence electrons. The smallest absolute Gasteiger partial charge is 0.272 e. The van der Waals surface area contributed by atoms with Gasteiger partial charge in [-0.15, -0.1) is 0 Å². The largest absolute Gasteiger partial charge is 0.278 e. The van der Waals surface area contributed by atoms with Gasteiger partial charge in [0.05, 0.1) is 28.1 Å². The highest BCUT2D eigenvalue weighted by Crippen LogP contribution is 2.19. The molecule has 0 fully saturated rings. The molecule has 0 aliphatic rings. The minimum atomic E-state index is -3.97. The Labute approximate surface area is 191 Å². The maximum atomic E-state index is 13.2. The van der Waals surface area contributed by atoms with Crippen molar-refractivity contribution in [2.24, 2.45) is 5.10 Å². The lowest BCUT2D eigenvalue weighted by atomic mass is 10.1. The van der Waals surface area contributed by atoms with Crippen LogP contribution in [-0.2, 0) is 21.4 Å². The average Bonchev–Trinajstić information content (AvgIpc) is 2.81. The van der Waals surface area contributed by atoms with E-state index in [-0.39, 0.29) is 22.7 Å². The fraction of sp³-hybridized carbons (Fsp3) is 0.130. The highest BCUT2D eigenvalue weighted by molar-refractivity contribution is 7.89. The molecule has 1 amide bonds. The zero-order valence-electron chi connectivity index (χ0n) is 17.8. The van der Waals surface area contributed by atoms with Crippen LogP contribution in [0.4, 0.5) is 5.69 Å². The van der Waals surface area contributed by atoms with Crippen LogP contribution in [-0.4, -0.2) is 36.3 Å². The average molecular weight is 467 g/mol. The molecule has 0 radical (unpaired) electrons. The van der Waals surface area contributed by atoms with Gasteiger partial charge in [-0.2, -0.15) is 9.41 Å². The lowest BCUT2D eigenvalue weighted by molar-refractivity contribution is -0.385. The van der Waals surface area contributed by atoms with Gasteiger partial charge in [-0.25, -0.2) is 13.8 Å². The molecule has 33 heavy (non-hydrogen) atoms. The molecular formula is C23H22N4O5S. The predicted molar refractivity (Wildman–Crippen MR) is 124 cm³/mol. The summed E-state index contributed by atoms with van der Waals surface area (Å²) in [5.41, 5.74) is 4.03. The van der Waals surface area contributed by atoms with Gasteiger partial charge in [0, 0.05) is 12.6 Å². The third kappa shape index (κ3) is 6.31. The minimum Gasteiger partial charge on any atom is -0.272 e. The highest BCUT2D eigenvalue weighted by Gasteiger charge is 2.26. The number of nitrogens with one attached hydrogen (secondary N) is 1. The second kappa shape index (κ2) is 10.6. The number of amides is 1. The first-order valence-electron chi connectivity index (χ1n) is 9.93. The first kappa shape index (κ1) is 23.8. The lowest BCUT2D eigenvalue weighted by Crippen LogP contribution is -2.39. The summed E-state index contributed by atoms with van der Waals surface area (Å²) in [7, 11) is -3.97. The molecule has 10 heteroatoms. The van der Waals surface area contributed by atoms with Crippen molar-refractivity contribution < 1.29 is 18.1 Å². The van der Waals surface area contributed by atoms with Crippen molar-refractivity contribution in [3.05, 3.63) is 106 Å². The number of hydrazone groups is 1. The Balaban J connectivity index is 1.79. The Kier molecular flexibility index (Phi) is 7.65. The Hall–Kier alpha value is -3.89. The van der Waals surface area contributed by atoms with Crippen molar-refractivity contribution >= 4 is 27.8 Å². The topological polar surface area (TPSA) is 122 Å². The summed E-state index contributed by atoms with van der Waals surface area (Å²) in [6.45, 7) is 1.42. The van der Waals surface area contributed by atoms with E-state index in [0.717, 1.165) is 21.6 Å². The number of carbonyl (C=O) groups is 1. The quantitative estimate of drug-likeness (QED) is 0.295. The number of aryl methyl sites for hydroxylation is 1. The Morgan fingerprint density at radius 1 is 1.03 bits per heavy atom. The van der Waals surface area contributed by atoms with E-state index in [1.54, 1.807) is 36.4 Å². The van der Waals surface area contributed by atoms with Crippen LogP contribution in [0.25, 0.3) is 0 Å². The van der Waals surface area contributed by atoms with Crippen molar-refractivity contribution in [1.82, 2.24) is 9.73 Å². The van der Waals surface area contributed by atoms with Gasteiger partial charge >= 0.3 is 0 Å². The van der Waals surface area contributed by atoms with Gasteiger partial charge in [-0.1, -0.05) is 60.2 Å². The molecule has 0 heterocycles. The fourth-order valence-electron chi connectivity index (χ4n) is 3.00. The third-order valence-corrected chi connectivity index (χ3v) is 6.51. The standard InChI is InChI=1S/C23H22N4O5S/c1-18-11-13-19(14-12-18)16-26(33(31,32)21-8-3-2-4-9-21)17-23(28)25-24-15-20-7-5-6-10-22(20)27(29)30/h2-15H,16-17H2,1H3,(H,25,28)/b24-15+. The van der Waals surface area contributed by atoms with Crippen molar-refractivity contribution in [3.8, 4) is 0 Å². The SMILES string of the molecule is Cc1ccc(CN(CC(=O)N/N=C/c2ccccc2[N+](=O)[O-])S(=O)(=O)c2ccccc2)cc1. The van der Waals surface area contributed by atoms with Gasteiger partial charge in [-0.05, 0) is 30.7 Å². The number of nitro benzene ring substituents is 1. The van der Waals surface area contributed by atoms with Gasteiger partial charge in [0.2, 0.25) is 10.0 Å². The first-order valence-corrected chi connectivity index (χ1v) is 11.4. The second-order valence-electron chi connectivity index (χ2n) is 7.18. The highest BCUT2D eigenvalue weighted by atomic mass is 32.2. The van der Waals surface area contributed by atoms with Crippen LogP contribution in [0.5, 0.6) is 0 Å². The van der Waals surface area contributed by atoms with Gasteiger partial charge in [0.15, 0.2) is 0 Å². The molecule has 1 N–H and O–H groups in total. The summed E-state index contributed by atoms with van der Waals surface area (Å²) < 4.78 is 27.4. The summed E-state index contributed by atoms with van der Waals surface area (Å²) in [6, 6.07) is 21.1. The molecule has 0 bridgehead atoms. The molecule has 0 unspecified atom stereocenters. The van der Waals surface area contributed by atoms with Crippen LogP contribution < -0.4 is 5.43 Å². The van der Waals surface area contributed by atoms with Crippen LogP contribution in [0, 0.1) is 17.0 Å². The van der Waals surface area contributed by atoms with E-state index < -0.39 is 27.4 Å². The number of rotatable bonds is 9. The summed E-state index contributed by atoms with van der Waals surface area (Å²) in [6.07, 6.45) is 1.14. The molecule has 0 spiro atoms. The molecule has 0 saturated carbocycles. The summed E-state index contributed by atoms with van der Waals surface area (Å²) in [5.74, 6) is -0.684. The molecule has 0 saturated heterocycles. The van der Waals surface area contributed by atoms with Crippen molar-refractivity contribution in [2.75, 3.05) is 6.54 Å². The number of hydrogen-bond donors (Lipinski definition) is 1. The van der Waals surface area contributed by atoms with E-state index in [1.807, 2.05) is 19.1 Å². The van der Waals surface area contributed by atoms with Crippen molar-refractivity contribution in [3.63, 3.8) is 0 Å². The van der Waals surface area contributed by atoms with Crippen LogP contribution in [0.2, 0.25) is 0 Å². The van der Waals surface area contributed by atoms with E-state index in [1.165, 1.54) is 30.3 Å². The zero-order valence-corrected chi connectivity index (χ0v) is 18.6. The molecule has 0 atom stereocenters. The number of carbonyl (C=O) groups excluding carboxylic acids is 1. The van der Waals surface area contributed by atoms with Crippen molar-refractivity contribution in [1.29, 1.82) is 0 Å².